The van der Waals surface area contributed by atoms with Gasteiger partial charge in [-0.3, -0.25) is 18.4 Å². The minimum absolute atomic E-state index is 0.222. The van der Waals surface area contributed by atoms with E-state index in [4.69, 9.17) is 13.6 Å². The van der Waals surface area contributed by atoms with Crippen molar-refractivity contribution in [3.8, 4) is 0 Å². The summed E-state index contributed by atoms with van der Waals surface area (Å²) in [5.74, 6) is -0.222. The molecule has 0 rings (SSSR count). The zero-order valence-electron chi connectivity index (χ0n) is 10.7. The molecule has 1 unspecified atom stereocenters. The Morgan fingerprint density at radius 1 is 0.938 bits per heavy atom. The van der Waals surface area contributed by atoms with Gasteiger partial charge in [-0.2, -0.15) is 0 Å². The Kier molecular flexibility index (Phi) is 6.41. The summed E-state index contributed by atoms with van der Waals surface area (Å²) in [5, 5.41) is 0. The largest absolute Gasteiger partial charge is 0.475 e. The van der Waals surface area contributed by atoms with E-state index in [1.807, 2.05) is 0 Å². The minimum atomic E-state index is -3.66. The van der Waals surface area contributed by atoms with Gasteiger partial charge < -0.3 is 0 Å². The molecule has 0 heterocycles. The van der Waals surface area contributed by atoms with E-state index in [0.717, 1.165) is 0 Å². The molecular weight excluding hydrogens is 231 g/mol. The second-order valence-electron chi connectivity index (χ2n) is 4.11. The summed E-state index contributed by atoms with van der Waals surface area (Å²) in [6, 6.07) is 0. The van der Waals surface area contributed by atoms with E-state index in [2.05, 4.69) is 0 Å². The lowest BCUT2D eigenvalue weighted by Gasteiger charge is -2.23. The molecule has 0 saturated heterocycles. The fourth-order valence-electron chi connectivity index (χ4n) is 0.859. The van der Waals surface area contributed by atoms with Crippen LogP contribution in [0.3, 0.4) is 0 Å². The number of carbonyl (C=O) groups excluding carboxylic acids is 1. The monoisotopic (exact) mass is 252 g/mol. The van der Waals surface area contributed by atoms with Crippen LogP contribution in [0.1, 0.15) is 41.5 Å². The van der Waals surface area contributed by atoms with Gasteiger partial charge in [0.2, 0.25) is 0 Å². The van der Waals surface area contributed by atoms with Gasteiger partial charge in [0.25, 0.3) is 0 Å². The Morgan fingerprint density at radius 3 is 1.56 bits per heavy atom. The van der Waals surface area contributed by atoms with Gasteiger partial charge in [-0.05, 0) is 41.5 Å². The number of Topliss-reactive ketones (excluding diaryl/α,β-unsaturated/α-hetero) is 1. The number of phosphoric ester groups is 1. The zero-order chi connectivity index (χ0) is 12.9. The summed E-state index contributed by atoms with van der Waals surface area (Å²) < 4.78 is 27.5. The molecule has 5 nitrogen and oxygen atoms in total. The topological polar surface area (TPSA) is 61.8 Å². The second-order valence-corrected chi connectivity index (χ2v) is 5.64. The first-order valence-corrected chi connectivity index (χ1v) is 6.78. The maximum atomic E-state index is 12.1. The van der Waals surface area contributed by atoms with Crippen molar-refractivity contribution in [3.05, 3.63) is 0 Å². The fourth-order valence-corrected chi connectivity index (χ4v) is 2.58. The molecule has 0 aliphatic carbocycles. The molecule has 0 aromatic heterocycles. The van der Waals surface area contributed by atoms with Crippen LogP contribution in [0.15, 0.2) is 0 Å². The Balaban J connectivity index is 4.66. The van der Waals surface area contributed by atoms with Gasteiger partial charge in [0, 0.05) is 0 Å². The van der Waals surface area contributed by atoms with Crippen molar-refractivity contribution in [3.63, 3.8) is 0 Å². The molecule has 0 aliphatic heterocycles. The van der Waals surface area contributed by atoms with Crippen molar-refractivity contribution in [2.45, 2.75) is 59.9 Å². The predicted molar refractivity (Wildman–Crippen MR) is 61.3 cm³/mol. The van der Waals surface area contributed by atoms with Gasteiger partial charge in [0.1, 0.15) is 6.10 Å². The van der Waals surface area contributed by atoms with E-state index in [0.29, 0.717) is 0 Å². The fraction of sp³-hybridized carbons (Fsp3) is 0.900. The van der Waals surface area contributed by atoms with Gasteiger partial charge in [0.05, 0.1) is 12.2 Å². The molecule has 0 amide bonds. The average molecular weight is 252 g/mol. The van der Waals surface area contributed by atoms with Crippen molar-refractivity contribution in [1.29, 1.82) is 0 Å². The highest BCUT2D eigenvalue weighted by atomic mass is 31.2. The Labute approximate surface area is 97.1 Å². The van der Waals surface area contributed by atoms with Crippen molar-refractivity contribution >= 4 is 13.6 Å². The van der Waals surface area contributed by atoms with E-state index in [9.17, 15) is 9.36 Å². The standard InChI is InChI=1S/C10H21O5P/c1-7(2)13-16(12,14-8(3)4)15-10(6)9(5)11/h7-8,10H,1-6H3. The third-order valence-corrected chi connectivity index (χ3v) is 3.47. The first kappa shape index (κ1) is 15.8. The van der Waals surface area contributed by atoms with Gasteiger partial charge in [-0.25, -0.2) is 4.57 Å². The van der Waals surface area contributed by atoms with Gasteiger partial charge >= 0.3 is 7.82 Å². The van der Waals surface area contributed by atoms with Gasteiger partial charge in [-0.15, -0.1) is 0 Å². The highest BCUT2D eigenvalue weighted by Crippen LogP contribution is 2.52. The molecule has 1 atom stereocenters. The highest BCUT2D eigenvalue weighted by Gasteiger charge is 2.33. The van der Waals surface area contributed by atoms with E-state index >= 15 is 0 Å². The molecule has 96 valence electrons. The van der Waals surface area contributed by atoms with Crippen LogP contribution in [0.4, 0.5) is 0 Å². The van der Waals surface area contributed by atoms with Gasteiger partial charge in [-0.1, -0.05) is 0 Å². The third-order valence-electron chi connectivity index (χ3n) is 1.54. The van der Waals surface area contributed by atoms with Crippen LogP contribution in [-0.4, -0.2) is 24.1 Å². The summed E-state index contributed by atoms with van der Waals surface area (Å²) in [6.45, 7) is 9.76. The molecule has 0 spiro atoms. The quantitative estimate of drug-likeness (QED) is 0.652. The third kappa shape index (κ3) is 6.38. The van der Waals surface area contributed by atoms with E-state index in [1.165, 1.54) is 13.8 Å². The maximum absolute atomic E-state index is 12.1. The summed E-state index contributed by atoms with van der Waals surface area (Å²) >= 11 is 0. The molecule has 0 aliphatic rings. The van der Waals surface area contributed by atoms with Crippen LogP contribution in [0, 0.1) is 0 Å². The van der Waals surface area contributed by atoms with Crippen molar-refractivity contribution in [2.24, 2.45) is 0 Å². The predicted octanol–water partition coefficient (Wildman–Crippen LogP) is 2.94. The molecule has 0 fully saturated rings. The number of phosphoric acid groups is 1. The van der Waals surface area contributed by atoms with Crippen LogP contribution in [0.5, 0.6) is 0 Å². The number of hydrogen-bond donors (Lipinski definition) is 0. The lowest BCUT2D eigenvalue weighted by molar-refractivity contribution is -0.124. The van der Waals surface area contributed by atoms with Crippen LogP contribution >= 0.6 is 7.82 Å². The summed E-state index contributed by atoms with van der Waals surface area (Å²) in [7, 11) is -3.66. The van der Waals surface area contributed by atoms with Crippen LogP contribution in [0.25, 0.3) is 0 Å². The van der Waals surface area contributed by atoms with E-state index < -0.39 is 13.9 Å². The maximum Gasteiger partial charge on any atom is 0.475 e. The van der Waals surface area contributed by atoms with Crippen molar-refractivity contribution in [1.82, 2.24) is 0 Å². The minimum Gasteiger partial charge on any atom is -0.297 e. The highest BCUT2D eigenvalue weighted by molar-refractivity contribution is 7.48. The molecule has 0 saturated carbocycles. The normalized spacial score (nSPS) is 14.5. The van der Waals surface area contributed by atoms with Crippen molar-refractivity contribution in [2.75, 3.05) is 0 Å². The lowest BCUT2D eigenvalue weighted by Crippen LogP contribution is -2.20. The number of carbonyl (C=O) groups is 1. The second kappa shape index (κ2) is 6.50. The van der Waals surface area contributed by atoms with E-state index in [1.54, 1.807) is 27.7 Å². The molecule has 0 bridgehead atoms. The average Bonchev–Trinajstić information content (AvgIpc) is 1.98. The number of hydrogen-bond acceptors (Lipinski definition) is 5. The smallest absolute Gasteiger partial charge is 0.297 e. The van der Waals surface area contributed by atoms with Gasteiger partial charge in [0.15, 0.2) is 5.78 Å². The van der Waals surface area contributed by atoms with Crippen molar-refractivity contribution < 1.29 is 22.9 Å². The van der Waals surface area contributed by atoms with Crippen LogP contribution in [0.2, 0.25) is 0 Å². The Morgan fingerprint density at radius 2 is 1.31 bits per heavy atom. The number of rotatable bonds is 7. The lowest BCUT2D eigenvalue weighted by atomic mass is 10.3. The molecule has 16 heavy (non-hydrogen) atoms. The SMILES string of the molecule is CC(=O)C(C)OP(=O)(OC(C)C)OC(C)C. The molecular formula is C10H21O5P. The summed E-state index contributed by atoms with van der Waals surface area (Å²) in [4.78, 5) is 11.0. The molecule has 0 N–H and O–H groups in total. The first-order valence-electron chi connectivity index (χ1n) is 5.32. The number of ketones is 1. The Hall–Kier alpha value is -0.220. The van der Waals surface area contributed by atoms with Crippen LogP contribution in [-0.2, 0) is 22.9 Å². The molecule has 0 radical (unpaired) electrons. The zero-order valence-corrected chi connectivity index (χ0v) is 11.6. The Bertz CT molecular complexity index is 260. The van der Waals surface area contributed by atoms with Crippen LogP contribution < -0.4 is 0 Å². The molecule has 6 heteroatoms. The van der Waals surface area contributed by atoms with E-state index in [-0.39, 0.29) is 18.0 Å². The molecule has 0 aromatic carbocycles. The summed E-state index contributed by atoms with van der Waals surface area (Å²) in [6.07, 6.45) is -1.41. The molecule has 0 aromatic rings. The summed E-state index contributed by atoms with van der Waals surface area (Å²) in [5.41, 5.74) is 0. The first-order chi connectivity index (χ1) is 7.16.